The monoisotopic (exact) mass is 276 g/mol. The SMILES string of the molecule is Cc1cccc(OCCC(=O)N2CCCCC2CN)c1. The van der Waals surface area contributed by atoms with Crippen molar-refractivity contribution in [2.75, 3.05) is 19.7 Å². The highest BCUT2D eigenvalue weighted by Gasteiger charge is 2.25. The lowest BCUT2D eigenvalue weighted by Crippen LogP contribution is -2.47. The summed E-state index contributed by atoms with van der Waals surface area (Å²) in [5.74, 6) is 0.986. The first-order chi connectivity index (χ1) is 9.70. The number of hydrogen-bond acceptors (Lipinski definition) is 3. The highest BCUT2D eigenvalue weighted by atomic mass is 16.5. The van der Waals surface area contributed by atoms with Crippen molar-refractivity contribution in [2.45, 2.75) is 38.6 Å². The second kappa shape index (κ2) is 7.29. The van der Waals surface area contributed by atoms with Crippen LogP contribution in [0.1, 0.15) is 31.2 Å². The van der Waals surface area contributed by atoms with Crippen molar-refractivity contribution in [2.24, 2.45) is 5.73 Å². The Bertz CT molecular complexity index is 448. The molecular formula is C16H24N2O2. The fourth-order valence-corrected chi connectivity index (χ4v) is 2.68. The van der Waals surface area contributed by atoms with Gasteiger partial charge in [-0.25, -0.2) is 0 Å². The van der Waals surface area contributed by atoms with Gasteiger partial charge in [0.05, 0.1) is 13.0 Å². The third-order valence-electron chi connectivity index (χ3n) is 3.79. The first-order valence-electron chi connectivity index (χ1n) is 7.39. The molecule has 1 heterocycles. The minimum Gasteiger partial charge on any atom is -0.493 e. The summed E-state index contributed by atoms with van der Waals surface area (Å²) in [6, 6.07) is 8.10. The Hall–Kier alpha value is -1.55. The van der Waals surface area contributed by atoms with Crippen LogP contribution in [0.25, 0.3) is 0 Å². The first-order valence-corrected chi connectivity index (χ1v) is 7.39. The summed E-state index contributed by atoms with van der Waals surface area (Å²) in [7, 11) is 0. The average molecular weight is 276 g/mol. The maximum atomic E-state index is 12.2. The molecule has 1 aliphatic heterocycles. The summed E-state index contributed by atoms with van der Waals surface area (Å²) < 4.78 is 5.64. The van der Waals surface area contributed by atoms with Crippen molar-refractivity contribution < 1.29 is 9.53 Å². The zero-order chi connectivity index (χ0) is 14.4. The van der Waals surface area contributed by atoms with Crippen LogP contribution in [0.5, 0.6) is 5.75 Å². The van der Waals surface area contributed by atoms with Gasteiger partial charge >= 0.3 is 0 Å². The first kappa shape index (κ1) is 14.9. The summed E-state index contributed by atoms with van der Waals surface area (Å²) in [5.41, 5.74) is 6.90. The molecule has 0 spiro atoms. The fraction of sp³-hybridized carbons (Fsp3) is 0.562. The number of nitrogens with two attached hydrogens (primary N) is 1. The lowest BCUT2D eigenvalue weighted by atomic mass is 10.0. The predicted molar refractivity (Wildman–Crippen MR) is 79.7 cm³/mol. The number of likely N-dealkylation sites (tertiary alicyclic amines) is 1. The van der Waals surface area contributed by atoms with Crippen LogP contribution in [0.15, 0.2) is 24.3 Å². The highest BCUT2D eigenvalue weighted by Crippen LogP contribution is 2.17. The summed E-state index contributed by atoms with van der Waals surface area (Å²) in [5, 5.41) is 0. The number of hydrogen-bond donors (Lipinski definition) is 1. The zero-order valence-corrected chi connectivity index (χ0v) is 12.2. The second-order valence-corrected chi connectivity index (χ2v) is 5.39. The molecule has 0 saturated carbocycles. The molecule has 0 aromatic heterocycles. The molecule has 1 aromatic carbocycles. The van der Waals surface area contributed by atoms with Crippen molar-refractivity contribution in [1.29, 1.82) is 0 Å². The van der Waals surface area contributed by atoms with Gasteiger partial charge < -0.3 is 15.4 Å². The number of carbonyl (C=O) groups excluding carboxylic acids is 1. The Morgan fingerprint density at radius 1 is 1.45 bits per heavy atom. The van der Waals surface area contributed by atoms with Crippen LogP contribution in [0, 0.1) is 6.92 Å². The van der Waals surface area contributed by atoms with Gasteiger partial charge in [-0.05, 0) is 43.9 Å². The minimum absolute atomic E-state index is 0.160. The van der Waals surface area contributed by atoms with Crippen molar-refractivity contribution in [3.8, 4) is 5.75 Å². The number of ether oxygens (including phenoxy) is 1. The van der Waals surface area contributed by atoms with Gasteiger partial charge in [-0.3, -0.25) is 4.79 Å². The molecule has 20 heavy (non-hydrogen) atoms. The molecule has 1 unspecified atom stereocenters. The normalized spacial score (nSPS) is 18.9. The van der Waals surface area contributed by atoms with E-state index < -0.39 is 0 Å². The average Bonchev–Trinajstić information content (AvgIpc) is 2.47. The number of piperidine rings is 1. The van der Waals surface area contributed by atoms with Crippen molar-refractivity contribution in [3.63, 3.8) is 0 Å². The largest absolute Gasteiger partial charge is 0.493 e. The summed E-state index contributed by atoms with van der Waals surface area (Å²) in [4.78, 5) is 14.1. The third kappa shape index (κ3) is 3.97. The standard InChI is InChI=1S/C16H24N2O2/c1-13-5-4-7-15(11-13)20-10-8-16(19)18-9-3-2-6-14(18)12-17/h4-5,7,11,14H,2-3,6,8-10,12,17H2,1H3. The number of carbonyl (C=O) groups is 1. The Morgan fingerprint density at radius 2 is 2.30 bits per heavy atom. The van der Waals surface area contributed by atoms with Gasteiger partial charge in [0.1, 0.15) is 5.75 Å². The topological polar surface area (TPSA) is 55.6 Å². The van der Waals surface area contributed by atoms with Crippen LogP contribution < -0.4 is 10.5 Å². The molecule has 0 bridgehead atoms. The van der Waals surface area contributed by atoms with E-state index in [1.807, 2.05) is 36.1 Å². The Morgan fingerprint density at radius 3 is 3.05 bits per heavy atom. The summed E-state index contributed by atoms with van der Waals surface area (Å²) >= 11 is 0. The number of benzene rings is 1. The van der Waals surface area contributed by atoms with Crippen LogP contribution in [0.2, 0.25) is 0 Å². The number of nitrogens with zero attached hydrogens (tertiary/aromatic N) is 1. The van der Waals surface area contributed by atoms with Crippen LogP contribution >= 0.6 is 0 Å². The van der Waals surface area contributed by atoms with Gasteiger partial charge in [0.2, 0.25) is 5.91 Å². The molecule has 0 radical (unpaired) electrons. The van der Waals surface area contributed by atoms with Gasteiger partial charge in [-0.15, -0.1) is 0 Å². The molecule has 1 aliphatic rings. The van der Waals surface area contributed by atoms with Crippen LogP contribution in [-0.4, -0.2) is 36.5 Å². The van der Waals surface area contributed by atoms with E-state index in [1.54, 1.807) is 0 Å². The van der Waals surface area contributed by atoms with E-state index in [-0.39, 0.29) is 11.9 Å². The molecule has 110 valence electrons. The number of amides is 1. The summed E-state index contributed by atoms with van der Waals surface area (Å²) in [6.45, 7) is 3.85. The fourth-order valence-electron chi connectivity index (χ4n) is 2.68. The highest BCUT2D eigenvalue weighted by molar-refractivity contribution is 5.76. The number of aryl methyl sites for hydroxylation is 1. The van der Waals surface area contributed by atoms with Gasteiger partial charge in [-0.1, -0.05) is 12.1 Å². The minimum atomic E-state index is 0.160. The Labute approximate surface area is 120 Å². The lowest BCUT2D eigenvalue weighted by Gasteiger charge is -2.35. The van der Waals surface area contributed by atoms with Crippen molar-refractivity contribution in [3.05, 3.63) is 29.8 Å². The molecule has 1 fully saturated rings. The molecule has 4 heteroatoms. The lowest BCUT2D eigenvalue weighted by molar-refractivity contribution is -0.135. The molecule has 1 amide bonds. The molecule has 1 aromatic rings. The Kier molecular flexibility index (Phi) is 5.41. The molecule has 2 N–H and O–H groups in total. The smallest absolute Gasteiger partial charge is 0.226 e. The van der Waals surface area contributed by atoms with E-state index in [0.717, 1.165) is 30.7 Å². The van der Waals surface area contributed by atoms with Gasteiger partial charge in [0.25, 0.3) is 0 Å². The Balaban J connectivity index is 1.79. The molecule has 2 rings (SSSR count). The maximum Gasteiger partial charge on any atom is 0.226 e. The molecular weight excluding hydrogens is 252 g/mol. The number of rotatable bonds is 5. The van der Waals surface area contributed by atoms with Gasteiger partial charge in [0, 0.05) is 19.1 Å². The second-order valence-electron chi connectivity index (χ2n) is 5.39. The molecule has 0 aliphatic carbocycles. The van der Waals surface area contributed by atoms with Crippen LogP contribution in [0.3, 0.4) is 0 Å². The van der Waals surface area contributed by atoms with E-state index in [1.165, 1.54) is 6.42 Å². The zero-order valence-electron chi connectivity index (χ0n) is 12.2. The third-order valence-corrected chi connectivity index (χ3v) is 3.79. The molecule has 1 atom stereocenters. The quantitative estimate of drug-likeness (QED) is 0.896. The van der Waals surface area contributed by atoms with Crippen molar-refractivity contribution in [1.82, 2.24) is 4.90 Å². The van der Waals surface area contributed by atoms with E-state index in [9.17, 15) is 4.79 Å². The predicted octanol–water partition coefficient (Wildman–Crippen LogP) is 2.10. The molecule has 1 saturated heterocycles. The maximum absolute atomic E-state index is 12.2. The molecule has 4 nitrogen and oxygen atoms in total. The van der Waals surface area contributed by atoms with Gasteiger partial charge in [-0.2, -0.15) is 0 Å². The summed E-state index contributed by atoms with van der Waals surface area (Å²) in [6.07, 6.45) is 3.71. The van der Waals surface area contributed by atoms with Crippen molar-refractivity contribution >= 4 is 5.91 Å². The van der Waals surface area contributed by atoms with E-state index in [2.05, 4.69) is 0 Å². The van der Waals surface area contributed by atoms with E-state index >= 15 is 0 Å². The van der Waals surface area contributed by atoms with E-state index in [4.69, 9.17) is 10.5 Å². The van der Waals surface area contributed by atoms with Gasteiger partial charge in [0.15, 0.2) is 0 Å². The van der Waals surface area contributed by atoms with Crippen LogP contribution in [0.4, 0.5) is 0 Å². The van der Waals surface area contributed by atoms with E-state index in [0.29, 0.717) is 19.6 Å². The van der Waals surface area contributed by atoms with Crippen LogP contribution in [-0.2, 0) is 4.79 Å².